The summed E-state index contributed by atoms with van der Waals surface area (Å²) in [5.74, 6) is -0.595. The molecule has 2 N–H and O–H groups in total. The van der Waals surface area contributed by atoms with E-state index in [1.54, 1.807) is 24.3 Å². The molecule has 1 aliphatic rings. The number of halogens is 1. The van der Waals surface area contributed by atoms with Crippen LogP contribution in [0.3, 0.4) is 0 Å². The highest BCUT2D eigenvalue weighted by molar-refractivity contribution is 6.26. The summed E-state index contributed by atoms with van der Waals surface area (Å²) in [6.07, 6.45) is 5.64. The summed E-state index contributed by atoms with van der Waals surface area (Å²) in [5, 5.41) is 7.13. The second kappa shape index (κ2) is 11.8. The monoisotopic (exact) mass is 460 g/mol. The quantitative estimate of drug-likeness (QED) is 0.403. The molecule has 8 heteroatoms. The first-order valence-electron chi connectivity index (χ1n) is 11.0. The Morgan fingerprint density at radius 3 is 2.44 bits per heavy atom. The summed E-state index contributed by atoms with van der Waals surface area (Å²) < 4.78 is 0. The fourth-order valence-corrected chi connectivity index (χ4v) is 3.84. The summed E-state index contributed by atoms with van der Waals surface area (Å²) >= 11 is 0. The van der Waals surface area contributed by atoms with Crippen molar-refractivity contribution in [2.24, 2.45) is 0 Å². The number of benzene rings is 2. The van der Waals surface area contributed by atoms with Crippen LogP contribution in [0.15, 0.2) is 30.3 Å². The van der Waals surface area contributed by atoms with E-state index in [1.807, 2.05) is 25.1 Å². The van der Waals surface area contributed by atoms with E-state index < -0.39 is 0 Å². The summed E-state index contributed by atoms with van der Waals surface area (Å²) in [5.41, 5.74) is 1.51. The molecule has 0 saturated carbocycles. The lowest BCUT2D eigenvalue weighted by atomic mass is 9.93. The lowest BCUT2D eigenvalue weighted by molar-refractivity contribution is 0.0601. The highest BCUT2D eigenvalue weighted by Gasteiger charge is 2.33. The van der Waals surface area contributed by atoms with Crippen LogP contribution in [0.5, 0.6) is 0 Å². The summed E-state index contributed by atoms with van der Waals surface area (Å²) in [6, 6.07) is 8.60. The molecule has 0 aromatic heterocycles. The maximum Gasteiger partial charge on any atom is 0.319 e. The SMILES string of the molecule is CCCCCCCNC(=O)Nc1cc2c3c(cccc3c1)C(=O)N(CCN(C)C)C2=O.Cl. The topological polar surface area (TPSA) is 81.8 Å². The molecule has 0 spiro atoms. The van der Waals surface area contributed by atoms with Gasteiger partial charge in [0.25, 0.3) is 11.8 Å². The van der Waals surface area contributed by atoms with Gasteiger partial charge in [0.2, 0.25) is 0 Å². The van der Waals surface area contributed by atoms with Gasteiger partial charge in [0, 0.05) is 36.3 Å². The summed E-state index contributed by atoms with van der Waals surface area (Å²) in [6.45, 7) is 3.69. The average Bonchev–Trinajstić information content (AvgIpc) is 2.74. The van der Waals surface area contributed by atoms with Crippen LogP contribution in [0, 0.1) is 0 Å². The minimum Gasteiger partial charge on any atom is -0.338 e. The van der Waals surface area contributed by atoms with Crippen molar-refractivity contribution in [1.29, 1.82) is 0 Å². The van der Waals surface area contributed by atoms with Crippen molar-refractivity contribution < 1.29 is 14.4 Å². The highest BCUT2D eigenvalue weighted by atomic mass is 35.5. The van der Waals surface area contributed by atoms with Gasteiger partial charge in [-0.2, -0.15) is 0 Å². The summed E-state index contributed by atoms with van der Waals surface area (Å²) in [7, 11) is 3.80. The first-order valence-corrected chi connectivity index (χ1v) is 11.0. The van der Waals surface area contributed by atoms with Gasteiger partial charge in [-0.3, -0.25) is 14.5 Å². The smallest absolute Gasteiger partial charge is 0.319 e. The van der Waals surface area contributed by atoms with Crippen molar-refractivity contribution in [2.75, 3.05) is 39.0 Å². The van der Waals surface area contributed by atoms with Gasteiger partial charge < -0.3 is 15.5 Å². The number of rotatable bonds is 10. The second-order valence-electron chi connectivity index (χ2n) is 8.29. The van der Waals surface area contributed by atoms with Crippen LogP contribution >= 0.6 is 12.4 Å². The van der Waals surface area contributed by atoms with Crippen LogP contribution in [0.25, 0.3) is 10.8 Å². The Balaban J connectivity index is 0.00000363. The maximum atomic E-state index is 13.1. The second-order valence-corrected chi connectivity index (χ2v) is 8.29. The number of likely N-dealkylation sites (N-methyl/N-ethyl adjacent to an activating group) is 1. The van der Waals surface area contributed by atoms with Gasteiger partial charge in [-0.05, 0) is 44.1 Å². The predicted molar refractivity (Wildman–Crippen MR) is 131 cm³/mol. The van der Waals surface area contributed by atoms with Crippen LogP contribution in [-0.2, 0) is 0 Å². The molecular formula is C24H33ClN4O3. The number of imide groups is 1. The molecule has 1 aliphatic heterocycles. The number of nitrogens with one attached hydrogen (secondary N) is 2. The number of urea groups is 1. The van der Waals surface area contributed by atoms with Crippen LogP contribution in [0.2, 0.25) is 0 Å². The molecule has 3 rings (SSSR count). The van der Waals surface area contributed by atoms with Crippen molar-refractivity contribution in [3.05, 3.63) is 41.5 Å². The molecule has 0 aliphatic carbocycles. The molecule has 0 atom stereocenters. The Hall–Kier alpha value is -2.64. The molecule has 0 unspecified atom stereocenters. The lowest BCUT2D eigenvalue weighted by Gasteiger charge is -2.28. The molecular weight excluding hydrogens is 428 g/mol. The zero-order chi connectivity index (χ0) is 22.4. The Kier molecular flexibility index (Phi) is 9.47. The number of unbranched alkanes of at least 4 members (excludes halogenated alkanes) is 4. The molecule has 174 valence electrons. The van der Waals surface area contributed by atoms with Gasteiger partial charge in [-0.1, -0.05) is 44.7 Å². The van der Waals surface area contributed by atoms with E-state index in [1.165, 1.54) is 24.2 Å². The van der Waals surface area contributed by atoms with Gasteiger partial charge in [-0.15, -0.1) is 12.4 Å². The third kappa shape index (κ3) is 5.99. The predicted octanol–water partition coefficient (Wildman–Crippen LogP) is 4.51. The van der Waals surface area contributed by atoms with Gasteiger partial charge in [0.1, 0.15) is 0 Å². The number of amides is 4. The van der Waals surface area contributed by atoms with Gasteiger partial charge in [-0.25, -0.2) is 4.79 Å². The number of carbonyl (C=O) groups excluding carboxylic acids is 3. The number of anilines is 1. The Bertz CT molecular complexity index is 977. The van der Waals surface area contributed by atoms with E-state index in [-0.39, 0.29) is 30.3 Å². The molecule has 2 aromatic rings. The normalized spacial score (nSPS) is 12.8. The van der Waals surface area contributed by atoms with Crippen LogP contribution < -0.4 is 10.6 Å². The minimum atomic E-state index is -0.324. The van der Waals surface area contributed by atoms with Gasteiger partial charge in [0.05, 0.1) is 5.56 Å². The molecule has 4 amide bonds. The fraction of sp³-hybridized carbons (Fsp3) is 0.458. The Labute approximate surface area is 195 Å². The zero-order valence-corrected chi connectivity index (χ0v) is 19.9. The van der Waals surface area contributed by atoms with Crippen molar-refractivity contribution in [3.8, 4) is 0 Å². The first-order chi connectivity index (χ1) is 14.9. The lowest BCUT2D eigenvalue weighted by Crippen LogP contribution is -2.43. The molecule has 0 saturated heterocycles. The van der Waals surface area contributed by atoms with E-state index in [9.17, 15) is 14.4 Å². The largest absolute Gasteiger partial charge is 0.338 e. The number of nitrogens with zero attached hydrogens (tertiary/aromatic N) is 2. The zero-order valence-electron chi connectivity index (χ0n) is 19.1. The molecule has 0 bridgehead atoms. The van der Waals surface area contributed by atoms with Gasteiger partial charge in [0.15, 0.2) is 0 Å². The Morgan fingerprint density at radius 1 is 1.00 bits per heavy atom. The fourth-order valence-electron chi connectivity index (χ4n) is 3.84. The van der Waals surface area contributed by atoms with Crippen molar-refractivity contribution in [2.45, 2.75) is 39.0 Å². The molecule has 1 heterocycles. The standard InChI is InChI=1S/C24H32N4O3.ClH/c1-4-5-6-7-8-12-25-24(31)26-18-15-17-10-9-11-19-21(17)20(16-18)23(30)28(22(19)29)14-13-27(2)3;/h9-11,15-16H,4-8,12-14H2,1-3H3,(H2,25,26,31);1H. The number of carbonyl (C=O) groups is 3. The first kappa shape index (κ1) is 25.6. The molecule has 2 aromatic carbocycles. The van der Waals surface area contributed by atoms with Crippen LogP contribution in [-0.4, -0.2) is 61.4 Å². The molecule has 0 radical (unpaired) electrons. The molecule has 0 fully saturated rings. The van der Waals surface area contributed by atoms with E-state index in [0.717, 1.165) is 18.2 Å². The molecule has 32 heavy (non-hydrogen) atoms. The van der Waals surface area contributed by atoms with Crippen LogP contribution in [0.4, 0.5) is 10.5 Å². The maximum absolute atomic E-state index is 13.1. The number of hydrogen-bond donors (Lipinski definition) is 2. The van der Waals surface area contributed by atoms with Crippen LogP contribution in [0.1, 0.15) is 59.7 Å². The highest BCUT2D eigenvalue weighted by Crippen LogP contribution is 2.32. The Morgan fingerprint density at radius 2 is 1.72 bits per heavy atom. The third-order valence-corrected chi connectivity index (χ3v) is 5.52. The van der Waals surface area contributed by atoms with Crippen molar-refractivity contribution in [1.82, 2.24) is 15.1 Å². The van der Waals surface area contributed by atoms with Crippen molar-refractivity contribution in [3.63, 3.8) is 0 Å². The average molecular weight is 461 g/mol. The van der Waals surface area contributed by atoms with E-state index in [4.69, 9.17) is 0 Å². The van der Waals surface area contributed by atoms with E-state index in [2.05, 4.69) is 17.6 Å². The summed E-state index contributed by atoms with van der Waals surface area (Å²) in [4.78, 5) is 41.6. The van der Waals surface area contributed by atoms with E-state index in [0.29, 0.717) is 41.8 Å². The molecule has 7 nitrogen and oxygen atoms in total. The number of hydrogen-bond acceptors (Lipinski definition) is 4. The minimum absolute atomic E-state index is 0. The third-order valence-electron chi connectivity index (χ3n) is 5.52. The van der Waals surface area contributed by atoms with E-state index >= 15 is 0 Å². The van der Waals surface area contributed by atoms with Crippen molar-refractivity contribution >= 4 is 46.7 Å². The van der Waals surface area contributed by atoms with Gasteiger partial charge >= 0.3 is 6.03 Å².